The van der Waals surface area contributed by atoms with E-state index < -0.39 is 0 Å². The van der Waals surface area contributed by atoms with Crippen molar-refractivity contribution >= 4 is 16.8 Å². The second kappa shape index (κ2) is 8.14. The highest BCUT2D eigenvalue weighted by atomic mass is 19.1. The van der Waals surface area contributed by atoms with Crippen LogP contribution in [0.4, 0.5) is 4.39 Å². The zero-order chi connectivity index (χ0) is 20.2. The van der Waals surface area contributed by atoms with Gasteiger partial charge in [-0.3, -0.25) is 9.78 Å². The van der Waals surface area contributed by atoms with Crippen LogP contribution < -0.4 is 10.1 Å². The van der Waals surface area contributed by atoms with Gasteiger partial charge in [0.2, 0.25) is 0 Å². The highest BCUT2D eigenvalue weighted by Crippen LogP contribution is 2.21. The van der Waals surface area contributed by atoms with E-state index in [1.807, 2.05) is 49.4 Å². The van der Waals surface area contributed by atoms with Gasteiger partial charge in [0.1, 0.15) is 18.2 Å². The summed E-state index contributed by atoms with van der Waals surface area (Å²) in [6.07, 6.45) is 3.22. The predicted octanol–water partition coefficient (Wildman–Crippen LogP) is 4.77. The van der Waals surface area contributed by atoms with Crippen molar-refractivity contribution in [2.75, 3.05) is 0 Å². The second-order valence-corrected chi connectivity index (χ2v) is 6.78. The molecule has 0 radical (unpaired) electrons. The summed E-state index contributed by atoms with van der Waals surface area (Å²) in [4.78, 5) is 20.0. The van der Waals surface area contributed by atoms with Crippen LogP contribution in [0.25, 0.3) is 10.9 Å². The van der Waals surface area contributed by atoms with E-state index in [0.717, 1.165) is 5.56 Å². The van der Waals surface area contributed by atoms with Crippen molar-refractivity contribution in [3.63, 3.8) is 0 Å². The Kier molecular flexibility index (Phi) is 5.24. The van der Waals surface area contributed by atoms with Crippen LogP contribution in [-0.2, 0) is 6.61 Å². The minimum atomic E-state index is -0.382. The Morgan fingerprint density at radius 2 is 2.00 bits per heavy atom. The van der Waals surface area contributed by atoms with Gasteiger partial charge in [-0.25, -0.2) is 4.39 Å². The van der Waals surface area contributed by atoms with Crippen LogP contribution in [-0.4, -0.2) is 15.9 Å². The minimum absolute atomic E-state index is 0.291. The summed E-state index contributed by atoms with van der Waals surface area (Å²) < 4.78 is 19.3. The molecule has 0 saturated carbocycles. The molecule has 29 heavy (non-hydrogen) atoms. The molecular formula is C23H20FN3O2. The molecule has 1 atom stereocenters. The fourth-order valence-electron chi connectivity index (χ4n) is 3.10. The van der Waals surface area contributed by atoms with Crippen LogP contribution in [0.3, 0.4) is 0 Å². The van der Waals surface area contributed by atoms with E-state index in [4.69, 9.17) is 4.74 Å². The number of nitrogens with zero attached hydrogens (tertiary/aromatic N) is 1. The smallest absolute Gasteiger partial charge is 0.253 e. The number of carbonyl (C=O) groups excluding carboxylic acids is 1. The number of hydrogen-bond donors (Lipinski definition) is 2. The van der Waals surface area contributed by atoms with Gasteiger partial charge in [0.25, 0.3) is 5.91 Å². The first kappa shape index (κ1) is 18.7. The van der Waals surface area contributed by atoms with Crippen molar-refractivity contribution in [1.82, 2.24) is 15.3 Å². The number of halogens is 1. The average Bonchev–Trinajstić information content (AvgIpc) is 3.16. The van der Waals surface area contributed by atoms with Crippen molar-refractivity contribution in [1.29, 1.82) is 0 Å². The molecule has 0 aliphatic carbocycles. The molecule has 0 saturated heterocycles. The number of hydrogen-bond acceptors (Lipinski definition) is 3. The Morgan fingerprint density at radius 1 is 1.17 bits per heavy atom. The molecule has 2 N–H and O–H groups in total. The molecule has 6 heteroatoms. The van der Waals surface area contributed by atoms with Gasteiger partial charge in [0, 0.05) is 17.1 Å². The molecule has 2 heterocycles. The van der Waals surface area contributed by atoms with E-state index >= 15 is 0 Å². The number of benzene rings is 2. The third kappa shape index (κ3) is 4.27. The molecule has 2 aromatic heterocycles. The number of H-pyrrole nitrogens is 1. The topological polar surface area (TPSA) is 67.0 Å². The maximum absolute atomic E-state index is 13.5. The van der Waals surface area contributed by atoms with E-state index in [2.05, 4.69) is 15.3 Å². The Morgan fingerprint density at radius 3 is 2.76 bits per heavy atom. The summed E-state index contributed by atoms with van der Waals surface area (Å²) in [6, 6.07) is 17.5. The van der Waals surface area contributed by atoms with Crippen molar-refractivity contribution in [2.24, 2.45) is 0 Å². The Labute approximate surface area is 167 Å². The van der Waals surface area contributed by atoms with E-state index in [1.165, 1.54) is 12.1 Å². The minimum Gasteiger partial charge on any atom is -0.487 e. The average molecular weight is 389 g/mol. The number of fused-ring (bicyclic) bond motifs is 1. The number of aromatic amines is 1. The first-order valence-electron chi connectivity index (χ1n) is 9.30. The van der Waals surface area contributed by atoms with Crippen molar-refractivity contribution in [3.05, 3.63) is 95.7 Å². The number of ether oxygens (including phenoxy) is 1. The van der Waals surface area contributed by atoms with Crippen molar-refractivity contribution in [2.45, 2.75) is 19.6 Å². The number of amides is 1. The Bertz CT molecular complexity index is 1120. The molecule has 0 bridgehead atoms. The van der Waals surface area contributed by atoms with Gasteiger partial charge in [0.05, 0.1) is 23.5 Å². The Hall–Kier alpha value is -3.67. The third-order valence-corrected chi connectivity index (χ3v) is 4.69. The summed E-state index contributed by atoms with van der Waals surface area (Å²) >= 11 is 0. The maximum Gasteiger partial charge on any atom is 0.253 e. The zero-order valence-electron chi connectivity index (χ0n) is 15.9. The third-order valence-electron chi connectivity index (χ3n) is 4.69. The van der Waals surface area contributed by atoms with Gasteiger partial charge < -0.3 is 15.0 Å². The molecule has 4 rings (SSSR count). The first-order valence-corrected chi connectivity index (χ1v) is 9.30. The summed E-state index contributed by atoms with van der Waals surface area (Å²) in [5.41, 5.74) is 2.89. The molecule has 0 spiro atoms. The lowest BCUT2D eigenvalue weighted by Crippen LogP contribution is -2.27. The van der Waals surface area contributed by atoms with Crippen LogP contribution >= 0.6 is 0 Å². The SMILES string of the molecule is C[C@@H](NC(=O)c1c[nH]c2ccc(F)cc12)c1ccc(OCc2ccccc2)cn1. The van der Waals surface area contributed by atoms with E-state index in [0.29, 0.717) is 34.5 Å². The van der Waals surface area contributed by atoms with Crippen LogP contribution in [0.5, 0.6) is 5.75 Å². The van der Waals surface area contributed by atoms with E-state index in [1.54, 1.807) is 18.5 Å². The normalized spacial score (nSPS) is 11.9. The lowest BCUT2D eigenvalue weighted by molar-refractivity contribution is 0.0941. The second-order valence-electron chi connectivity index (χ2n) is 6.78. The van der Waals surface area contributed by atoms with E-state index in [9.17, 15) is 9.18 Å². The summed E-state index contributed by atoms with van der Waals surface area (Å²) in [5.74, 6) is -0.0178. The molecule has 0 unspecified atom stereocenters. The number of pyridine rings is 1. The van der Waals surface area contributed by atoms with Crippen molar-refractivity contribution < 1.29 is 13.9 Å². The molecular weight excluding hydrogens is 369 g/mol. The number of nitrogens with one attached hydrogen (secondary N) is 2. The lowest BCUT2D eigenvalue weighted by Gasteiger charge is -2.14. The van der Waals surface area contributed by atoms with Gasteiger partial charge in [0.15, 0.2) is 0 Å². The summed E-state index contributed by atoms with van der Waals surface area (Å²) in [6.45, 7) is 2.31. The van der Waals surface area contributed by atoms with Gasteiger partial charge in [-0.05, 0) is 42.8 Å². The van der Waals surface area contributed by atoms with E-state index in [-0.39, 0.29) is 17.8 Å². The highest BCUT2D eigenvalue weighted by molar-refractivity contribution is 6.06. The van der Waals surface area contributed by atoms with Gasteiger partial charge >= 0.3 is 0 Å². The maximum atomic E-state index is 13.5. The van der Waals surface area contributed by atoms with Gasteiger partial charge in [-0.1, -0.05) is 30.3 Å². The number of carbonyl (C=O) groups is 1. The van der Waals surface area contributed by atoms with Crippen LogP contribution in [0.2, 0.25) is 0 Å². The number of aromatic nitrogens is 2. The Balaban J connectivity index is 1.40. The molecule has 5 nitrogen and oxygen atoms in total. The summed E-state index contributed by atoms with van der Waals surface area (Å²) in [7, 11) is 0. The van der Waals surface area contributed by atoms with Crippen LogP contribution in [0.1, 0.15) is 34.6 Å². The largest absolute Gasteiger partial charge is 0.487 e. The molecule has 146 valence electrons. The zero-order valence-corrected chi connectivity index (χ0v) is 15.9. The molecule has 0 aliphatic heterocycles. The molecule has 1 amide bonds. The molecule has 4 aromatic rings. The molecule has 2 aromatic carbocycles. The van der Waals surface area contributed by atoms with Gasteiger partial charge in [-0.2, -0.15) is 0 Å². The lowest BCUT2D eigenvalue weighted by atomic mass is 10.1. The quantitative estimate of drug-likeness (QED) is 0.499. The first-order chi connectivity index (χ1) is 14.1. The van der Waals surface area contributed by atoms with Crippen molar-refractivity contribution in [3.8, 4) is 5.75 Å². The fourth-order valence-corrected chi connectivity index (χ4v) is 3.10. The van der Waals surface area contributed by atoms with Crippen LogP contribution in [0.15, 0.2) is 73.1 Å². The molecule has 0 aliphatic rings. The predicted molar refractivity (Wildman–Crippen MR) is 109 cm³/mol. The highest BCUT2D eigenvalue weighted by Gasteiger charge is 2.16. The summed E-state index contributed by atoms with van der Waals surface area (Å²) in [5, 5.41) is 3.45. The standard InChI is InChI=1S/C23H20FN3O2/c1-15(27-23(28)20-13-26-22-9-7-17(24)11-19(20)22)21-10-8-18(12-25-21)29-14-16-5-3-2-4-6-16/h2-13,15,26H,14H2,1H3,(H,27,28)/t15-/m1/s1. The van der Waals surface area contributed by atoms with Crippen LogP contribution in [0, 0.1) is 5.82 Å². The fraction of sp³-hybridized carbons (Fsp3) is 0.130. The monoisotopic (exact) mass is 389 g/mol. The molecule has 0 fully saturated rings. The number of rotatable bonds is 6. The van der Waals surface area contributed by atoms with Gasteiger partial charge in [-0.15, -0.1) is 0 Å².